The standard InChI is InChI=1S/C9H11N5S/c10-7-6-9(12-4-11-7)14-8(13-6)5-1-2-15-3-5/h4-5H,1-3H2,(H3,10,11,12,13,14). The zero-order valence-corrected chi connectivity index (χ0v) is 8.92. The topological polar surface area (TPSA) is 80.5 Å². The second-order valence-electron chi connectivity index (χ2n) is 3.64. The fraction of sp³-hybridized carbons (Fsp3) is 0.444. The van der Waals surface area contributed by atoms with Crippen LogP contribution in [0.3, 0.4) is 0 Å². The van der Waals surface area contributed by atoms with E-state index in [-0.39, 0.29) is 0 Å². The molecule has 1 aliphatic rings. The van der Waals surface area contributed by atoms with Gasteiger partial charge in [0.15, 0.2) is 11.5 Å². The van der Waals surface area contributed by atoms with Gasteiger partial charge in [-0.25, -0.2) is 15.0 Å². The van der Waals surface area contributed by atoms with Gasteiger partial charge in [0.25, 0.3) is 0 Å². The van der Waals surface area contributed by atoms with E-state index in [4.69, 9.17) is 5.73 Å². The van der Waals surface area contributed by atoms with Gasteiger partial charge in [-0.1, -0.05) is 0 Å². The van der Waals surface area contributed by atoms with Crippen molar-refractivity contribution in [3.63, 3.8) is 0 Å². The molecule has 3 heterocycles. The lowest BCUT2D eigenvalue weighted by Crippen LogP contribution is -1.98. The number of nitrogens with two attached hydrogens (primary N) is 1. The molecule has 1 atom stereocenters. The molecule has 3 rings (SSSR count). The molecule has 0 spiro atoms. The number of thioether (sulfide) groups is 1. The molecule has 2 aromatic rings. The Bertz CT molecular complexity index is 488. The predicted octanol–water partition coefficient (Wildman–Crippen LogP) is 1.16. The molecular formula is C9H11N5S. The summed E-state index contributed by atoms with van der Waals surface area (Å²) in [6.45, 7) is 0. The first-order valence-corrected chi connectivity index (χ1v) is 6.04. The molecule has 1 aliphatic heterocycles. The van der Waals surface area contributed by atoms with Crippen molar-refractivity contribution in [1.82, 2.24) is 19.9 Å². The van der Waals surface area contributed by atoms with Crippen molar-refractivity contribution in [3.8, 4) is 0 Å². The van der Waals surface area contributed by atoms with Gasteiger partial charge >= 0.3 is 0 Å². The van der Waals surface area contributed by atoms with Crippen LogP contribution in [-0.2, 0) is 0 Å². The van der Waals surface area contributed by atoms with Crippen molar-refractivity contribution in [2.24, 2.45) is 0 Å². The van der Waals surface area contributed by atoms with Crippen LogP contribution in [0.15, 0.2) is 6.33 Å². The maximum absolute atomic E-state index is 5.74. The molecule has 3 N–H and O–H groups in total. The average molecular weight is 221 g/mol. The molecule has 0 amide bonds. The second kappa shape index (κ2) is 3.37. The van der Waals surface area contributed by atoms with Gasteiger partial charge in [0.1, 0.15) is 17.7 Å². The minimum absolute atomic E-state index is 0.476. The number of fused-ring (bicyclic) bond motifs is 1. The average Bonchev–Trinajstić information content (AvgIpc) is 2.86. The Labute approximate surface area is 90.9 Å². The summed E-state index contributed by atoms with van der Waals surface area (Å²) >= 11 is 1.96. The highest BCUT2D eigenvalue weighted by Crippen LogP contribution is 2.31. The zero-order chi connectivity index (χ0) is 10.3. The van der Waals surface area contributed by atoms with Crippen LogP contribution in [-0.4, -0.2) is 31.4 Å². The van der Waals surface area contributed by atoms with Crippen LogP contribution in [0.1, 0.15) is 18.2 Å². The second-order valence-corrected chi connectivity index (χ2v) is 4.79. The van der Waals surface area contributed by atoms with Gasteiger partial charge in [0, 0.05) is 11.7 Å². The zero-order valence-electron chi connectivity index (χ0n) is 8.10. The monoisotopic (exact) mass is 221 g/mol. The summed E-state index contributed by atoms with van der Waals surface area (Å²) in [7, 11) is 0. The maximum Gasteiger partial charge on any atom is 0.183 e. The van der Waals surface area contributed by atoms with Crippen molar-refractivity contribution in [1.29, 1.82) is 0 Å². The number of anilines is 1. The molecule has 78 valence electrons. The lowest BCUT2D eigenvalue weighted by atomic mass is 10.1. The highest BCUT2D eigenvalue weighted by molar-refractivity contribution is 7.99. The molecule has 0 radical (unpaired) electrons. The molecule has 1 unspecified atom stereocenters. The number of rotatable bonds is 1. The van der Waals surface area contributed by atoms with Crippen LogP contribution >= 0.6 is 11.8 Å². The minimum atomic E-state index is 0.476. The van der Waals surface area contributed by atoms with Crippen LogP contribution in [0.25, 0.3) is 11.2 Å². The number of nitrogens with one attached hydrogen (secondary N) is 1. The smallest absolute Gasteiger partial charge is 0.183 e. The third-order valence-electron chi connectivity index (χ3n) is 2.65. The summed E-state index contributed by atoms with van der Waals surface area (Å²) in [5, 5.41) is 0. The Balaban J connectivity index is 2.09. The Hall–Kier alpha value is -1.30. The van der Waals surface area contributed by atoms with Crippen LogP contribution in [0.2, 0.25) is 0 Å². The molecule has 1 fully saturated rings. The van der Waals surface area contributed by atoms with Crippen LogP contribution in [0.5, 0.6) is 0 Å². The Morgan fingerprint density at radius 2 is 2.40 bits per heavy atom. The van der Waals surface area contributed by atoms with Crippen molar-refractivity contribution in [3.05, 3.63) is 12.2 Å². The normalized spacial score (nSPS) is 21.2. The number of imidazole rings is 1. The Morgan fingerprint density at radius 1 is 1.47 bits per heavy atom. The number of nitrogens with zero attached hydrogens (tertiary/aromatic N) is 3. The molecule has 0 aromatic carbocycles. The van der Waals surface area contributed by atoms with Gasteiger partial charge in [-0.3, -0.25) is 0 Å². The fourth-order valence-electron chi connectivity index (χ4n) is 1.81. The Kier molecular flexibility index (Phi) is 2.02. The molecule has 0 bridgehead atoms. The summed E-state index contributed by atoms with van der Waals surface area (Å²) in [5.41, 5.74) is 7.18. The van der Waals surface area contributed by atoms with E-state index in [1.807, 2.05) is 11.8 Å². The molecule has 6 heteroatoms. The number of hydrogen-bond donors (Lipinski definition) is 2. The lowest BCUT2D eigenvalue weighted by Gasteiger charge is -2.01. The lowest BCUT2D eigenvalue weighted by molar-refractivity contribution is 0.733. The van der Waals surface area contributed by atoms with E-state index < -0.39 is 0 Å². The molecular weight excluding hydrogens is 210 g/mol. The third-order valence-corrected chi connectivity index (χ3v) is 3.81. The number of nitrogen functional groups attached to an aromatic ring is 1. The SMILES string of the molecule is Nc1ncnc2nc(C3CCSC3)[nH]c12. The first-order valence-electron chi connectivity index (χ1n) is 4.88. The van der Waals surface area contributed by atoms with E-state index in [1.165, 1.54) is 18.5 Å². The first kappa shape index (κ1) is 8.96. The summed E-state index contributed by atoms with van der Waals surface area (Å²) in [4.78, 5) is 15.7. The summed E-state index contributed by atoms with van der Waals surface area (Å²) in [5.74, 6) is 4.34. The number of H-pyrrole nitrogens is 1. The van der Waals surface area contributed by atoms with Crippen molar-refractivity contribution < 1.29 is 0 Å². The number of hydrogen-bond acceptors (Lipinski definition) is 5. The summed E-state index contributed by atoms with van der Waals surface area (Å²) in [6.07, 6.45) is 2.63. The fourth-order valence-corrected chi connectivity index (χ4v) is 3.03. The molecule has 0 saturated carbocycles. The third kappa shape index (κ3) is 1.45. The highest BCUT2D eigenvalue weighted by Gasteiger charge is 2.21. The van der Waals surface area contributed by atoms with Crippen molar-refractivity contribution >= 4 is 28.7 Å². The van der Waals surface area contributed by atoms with E-state index >= 15 is 0 Å². The quantitative estimate of drug-likeness (QED) is 0.755. The molecule has 15 heavy (non-hydrogen) atoms. The predicted molar refractivity (Wildman–Crippen MR) is 60.8 cm³/mol. The largest absolute Gasteiger partial charge is 0.382 e. The van der Waals surface area contributed by atoms with Gasteiger partial charge in [0.05, 0.1) is 0 Å². The van der Waals surface area contributed by atoms with Crippen LogP contribution < -0.4 is 5.73 Å². The molecule has 0 aliphatic carbocycles. The van der Waals surface area contributed by atoms with E-state index in [9.17, 15) is 0 Å². The molecule has 5 nitrogen and oxygen atoms in total. The van der Waals surface area contributed by atoms with Crippen molar-refractivity contribution in [2.75, 3.05) is 17.2 Å². The van der Waals surface area contributed by atoms with Crippen LogP contribution in [0, 0.1) is 0 Å². The van der Waals surface area contributed by atoms with E-state index in [1.54, 1.807) is 0 Å². The van der Waals surface area contributed by atoms with Gasteiger partial charge in [-0.05, 0) is 12.2 Å². The van der Waals surface area contributed by atoms with Gasteiger partial charge in [-0.2, -0.15) is 11.8 Å². The highest BCUT2D eigenvalue weighted by atomic mass is 32.2. The summed E-state index contributed by atoms with van der Waals surface area (Å²) < 4.78 is 0. The number of aromatic nitrogens is 4. The number of aromatic amines is 1. The van der Waals surface area contributed by atoms with Crippen molar-refractivity contribution in [2.45, 2.75) is 12.3 Å². The minimum Gasteiger partial charge on any atom is -0.382 e. The Morgan fingerprint density at radius 3 is 3.13 bits per heavy atom. The summed E-state index contributed by atoms with van der Waals surface area (Å²) in [6, 6.07) is 0. The van der Waals surface area contributed by atoms with E-state index in [2.05, 4.69) is 19.9 Å². The maximum atomic E-state index is 5.74. The van der Waals surface area contributed by atoms with Gasteiger partial charge < -0.3 is 10.7 Å². The van der Waals surface area contributed by atoms with E-state index in [0.29, 0.717) is 17.4 Å². The van der Waals surface area contributed by atoms with Gasteiger partial charge in [-0.15, -0.1) is 0 Å². The van der Waals surface area contributed by atoms with Crippen LogP contribution in [0.4, 0.5) is 5.82 Å². The van der Waals surface area contributed by atoms with Gasteiger partial charge in [0.2, 0.25) is 0 Å². The molecule has 2 aromatic heterocycles. The molecule has 1 saturated heterocycles. The first-order chi connectivity index (χ1) is 7.34. The van der Waals surface area contributed by atoms with E-state index in [0.717, 1.165) is 17.1 Å².